The van der Waals surface area contributed by atoms with Crippen molar-refractivity contribution in [3.8, 4) is 0 Å². The Morgan fingerprint density at radius 1 is 1.06 bits per heavy atom. The molecule has 0 radical (unpaired) electrons. The minimum Gasteiger partial charge on any atom is -0.368 e. The zero-order valence-electron chi connectivity index (χ0n) is 12.7. The Hall–Kier alpha value is -1.38. The number of hydrogen-bond donors (Lipinski definition) is 1. The van der Waals surface area contributed by atoms with Gasteiger partial charge in [0.1, 0.15) is 0 Å². The van der Waals surface area contributed by atoms with E-state index in [0.717, 1.165) is 17.8 Å². The van der Waals surface area contributed by atoms with Gasteiger partial charge in [0.05, 0.1) is 5.69 Å². The number of aromatic nitrogens is 2. The number of rotatable bonds is 0. The molecule has 0 aliphatic heterocycles. The summed E-state index contributed by atoms with van der Waals surface area (Å²) in [7, 11) is 0. The summed E-state index contributed by atoms with van der Waals surface area (Å²) in [6.45, 7) is 14.9. The summed E-state index contributed by atoms with van der Waals surface area (Å²) in [5.41, 5.74) is 11.9. The van der Waals surface area contributed by atoms with Gasteiger partial charge in [-0.15, -0.1) is 0 Å². The first kappa shape index (κ1) is 14.7. The van der Waals surface area contributed by atoms with Gasteiger partial charge in [0, 0.05) is 11.3 Å². The van der Waals surface area contributed by atoms with E-state index in [2.05, 4.69) is 37.7 Å². The van der Waals surface area contributed by atoms with Crippen molar-refractivity contribution in [3.63, 3.8) is 0 Å². The van der Waals surface area contributed by atoms with Gasteiger partial charge in [0.25, 0.3) is 0 Å². The average Bonchev–Trinajstić information content (AvgIpc) is 2.31. The first-order valence-electron chi connectivity index (χ1n) is 6.64. The second-order valence-corrected chi connectivity index (χ2v) is 5.31. The Kier molecular flexibility index (Phi) is 4.15. The van der Waals surface area contributed by atoms with Crippen molar-refractivity contribution in [2.45, 2.75) is 54.9 Å². The van der Waals surface area contributed by atoms with E-state index in [9.17, 15) is 0 Å². The number of allylic oxidation sites excluding steroid dienone is 2. The number of nitrogens with zero attached hydrogens (tertiary/aromatic N) is 2. The molecule has 3 heteroatoms. The van der Waals surface area contributed by atoms with Crippen LogP contribution in [0, 0.1) is 12.3 Å². The summed E-state index contributed by atoms with van der Waals surface area (Å²) in [5.74, 6) is 0.378. The van der Waals surface area contributed by atoms with Gasteiger partial charge >= 0.3 is 0 Å². The van der Waals surface area contributed by atoms with Crippen molar-refractivity contribution in [3.05, 3.63) is 22.5 Å². The highest BCUT2D eigenvalue weighted by atomic mass is 15.0. The lowest BCUT2D eigenvalue weighted by Gasteiger charge is -2.34. The molecule has 100 valence electrons. The lowest BCUT2D eigenvalue weighted by Crippen LogP contribution is -2.25. The lowest BCUT2D eigenvalue weighted by atomic mass is 9.72. The molecule has 3 nitrogen and oxygen atoms in total. The molecule has 1 aliphatic rings. The summed E-state index contributed by atoms with van der Waals surface area (Å²) in [6.07, 6.45) is 0.998. The monoisotopic (exact) mass is 247 g/mol. The summed E-state index contributed by atoms with van der Waals surface area (Å²) in [4.78, 5) is 8.64. The Labute approximate surface area is 111 Å². The molecule has 0 fully saturated rings. The molecule has 18 heavy (non-hydrogen) atoms. The van der Waals surface area contributed by atoms with Gasteiger partial charge in [-0.2, -0.15) is 0 Å². The third-order valence-corrected chi connectivity index (χ3v) is 3.78. The SMILES string of the molecule is CC.CC1=C(C)C(C)(C)Cc2c(C)nc(N)nc21. The van der Waals surface area contributed by atoms with Gasteiger partial charge in [-0.1, -0.05) is 33.3 Å². The molecule has 1 aliphatic carbocycles. The van der Waals surface area contributed by atoms with E-state index < -0.39 is 0 Å². The summed E-state index contributed by atoms with van der Waals surface area (Å²) in [6, 6.07) is 0. The molecule has 0 unspecified atom stereocenters. The normalized spacial score (nSPS) is 16.8. The van der Waals surface area contributed by atoms with Crippen LogP contribution in [0.5, 0.6) is 0 Å². The van der Waals surface area contributed by atoms with Crippen LogP contribution in [0.1, 0.15) is 58.5 Å². The van der Waals surface area contributed by atoms with E-state index in [1.54, 1.807) is 0 Å². The molecule has 0 spiro atoms. The van der Waals surface area contributed by atoms with Crippen LogP contribution in [-0.4, -0.2) is 9.97 Å². The van der Waals surface area contributed by atoms with Crippen LogP contribution in [0.25, 0.3) is 5.57 Å². The maximum atomic E-state index is 5.71. The Morgan fingerprint density at radius 3 is 2.17 bits per heavy atom. The summed E-state index contributed by atoms with van der Waals surface area (Å²) in [5, 5.41) is 0. The summed E-state index contributed by atoms with van der Waals surface area (Å²) >= 11 is 0. The minimum absolute atomic E-state index is 0.196. The fourth-order valence-corrected chi connectivity index (χ4v) is 2.40. The van der Waals surface area contributed by atoms with Crippen LogP contribution in [-0.2, 0) is 6.42 Å². The van der Waals surface area contributed by atoms with E-state index in [4.69, 9.17) is 5.73 Å². The summed E-state index contributed by atoms with van der Waals surface area (Å²) < 4.78 is 0. The number of hydrogen-bond acceptors (Lipinski definition) is 3. The van der Waals surface area contributed by atoms with E-state index in [1.807, 2.05) is 20.8 Å². The van der Waals surface area contributed by atoms with E-state index >= 15 is 0 Å². The third kappa shape index (κ3) is 2.40. The van der Waals surface area contributed by atoms with E-state index in [-0.39, 0.29) is 5.41 Å². The molecule has 2 N–H and O–H groups in total. The molecular weight excluding hydrogens is 222 g/mol. The molecule has 0 saturated heterocycles. The van der Waals surface area contributed by atoms with Crippen LogP contribution >= 0.6 is 0 Å². The van der Waals surface area contributed by atoms with Gasteiger partial charge in [-0.3, -0.25) is 0 Å². The van der Waals surface area contributed by atoms with Gasteiger partial charge in [-0.25, -0.2) is 9.97 Å². The highest BCUT2D eigenvalue weighted by Crippen LogP contribution is 2.42. The fourth-order valence-electron chi connectivity index (χ4n) is 2.40. The molecular formula is C15H25N3. The lowest BCUT2D eigenvalue weighted by molar-refractivity contribution is 0.435. The molecule has 0 bridgehead atoms. The maximum absolute atomic E-state index is 5.71. The topological polar surface area (TPSA) is 51.8 Å². The van der Waals surface area contributed by atoms with Crippen molar-refractivity contribution >= 4 is 11.5 Å². The molecule has 1 aromatic rings. The van der Waals surface area contributed by atoms with Crippen LogP contribution < -0.4 is 5.73 Å². The predicted molar refractivity (Wildman–Crippen MR) is 78.3 cm³/mol. The zero-order valence-corrected chi connectivity index (χ0v) is 12.7. The van der Waals surface area contributed by atoms with Gasteiger partial charge in [-0.05, 0) is 38.2 Å². The van der Waals surface area contributed by atoms with Crippen molar-refractivity contribution in [2.24, 2.45) is 5.41 Å². The first-order chi connectivity index (χ1) is 8.33. The second kappa shape index (κ2) is 5.09. The van der Waals surface area contributed by atoms with Gasteiger partial charge < -0.3 is 5.73 Å². The first-order valence-corrected chi connectivity index (χ1v) is 6.64. The standard InChI is InChI=1S/C13H19N3.C2H6/c1-7-8(2)13(4,5)6-10-9(3)15-12(14)16-11(7)10;1-2/h6H2,1-5H3,(H2,14,15,16);1-2H3. The van der Waals surface area contributed by atoms with Crippen molar-refractivity contribution in [1.82, 2.24) is 9.97 Å². The van der Waals surface area contributed by atoms with Crippen LogP contribution in [0.3, 0.4) is 0 Å². The van der Waals surface area contributed by atoms with Gasteiger partial charge in [0.2, 0.25) is 5.95 Å². The average molecular weight is 247 g/mol. The molecule has 1 heterocycles. The highest BCUT2D eigenvalue weighted by molar-refractivity contribution is 5.71. The van der Waals surface area contributed by atoms with E-state index in [1.165, 1.54) is 16.7 Å². The quantitative estimate of drug-likeness (QED) is 0.759. The Bertz CT molecular complexity index is 485. The third-order valence-electron chi connectivity index (χ3n) is 3.78. The second-order valence-electron chi connectivity index (χ2n) is 5.31. The van der Waals surface area contributed by atoms with Crippen molar-refractivity contribution < 1.29 is 0 Å². The maximum Gasteiger partial charge on any atom is 0.220 e. The molecule has 0 amide bonds. The number of aryl methyl sites for hydroxylation is 1. The molecule has 0 aromatic carbocycles. The van der Waals surface area contributed by atoms with Crippen molar-refractivity contribution in [2.75, 3.05) is 5.73 Å². The van der Waals surface area contributed by atoms with Gasteiger partial charge in [0.15, 0.2) is 0 Å². The van der Waals surface area contributed by atoms with Crippen LogP contribution in [0.4, 0.5) is 5.95 Å². The highest BCUT2D eigenvalue weighted by Gasteiger charge is 2.31. The Morgan fingerprint density at radius 2 is 1.61 bits per heavy atom. The molecule has 1 aromatic heterocycles. The smallest absolute Gasteiger partial charge is 0.220 e. The molecule has 0 atom stereocenters. The van der Waals surface area contributed by atoms with Crippen LogP contribution in [0.2, 0.25) is 0 Å². The minimum atomic E-state index is 0.196. The molecule has 0 saturated carbocycles. The van der Waals surface area contributed by atoms with Crippen molar-refractivity contribution in [1.29, 1.82) is 0 Å². The predicted octanol–water partition coefficient (Wildman–Crippen LogP) is 3.77. The number of anilines is 1. The Balaban J connectivity index is 0.000000771. The number of nitrogens with two attached hydrogens (primary N) is 1. The largest absolute Gasteiger partial charge is 0.368 e. The van der Waals surface area contributed by atoms with Crippen LogP contribution in [0.15, 0.2) is 5.57 Å². The number of fused-ring (bicyclic) bond motifs is 1. The zero-order chi connectivity index (χ0) is 14.1. The fraction of sp³-hybridized carbons (Fsp3) is 0.600. The number of nitrogen functional groups attached to an aromatic ring is 1. The molecule has 2 rings (SSSR count). The van der Waals surface area contributed by atoms with E-state index in [0.29, 0.717) is 5.95 Å².